The van der Waals surface area contributed by atoms with Crippen LogP contribution in [0.3, 0.4) is 0 Å². The minimum atomic E-state index is -2.50. The van der Waals surface area contributed by atoms with Crippen LogP contribution in [-0.2, 0) is 13.0 Å². The Balaban J connectivity index is 2.62. The van der Waals surface area contributed by atoms with Gasteiger partial charge in [0, 0.05) is 6.42 Å². The lowest BCUT2D eigenvalue weighted by Crippen LogP contribution is -2.10. The normalized spacial score (nSPS) is 11.3. The lowest BCUT2D eigenvalue weighted by atomic mass is 10.2. The Bertz CT molecular complexity index is 593. The van der Waals surface area contributed by atoms with Gasteiger partial charge >= 0.3 is 5.97 Å². The Hall–Kier alpha value is -1.98. The molecule has 0 amide bonds. The van der Waals surface area contributed by atoms with Crippen LogP contribution in [0.2, 0.25) is 0 Å². The van der Waals surface area contributed by atoms with E-state index < -0.39 is 18.9 Å². The van der Waals surface area contributed by atoms with E-state index in [0.717, 1.165) is 0 Å². The summed E-state index contributed by atoms with van der Waals surface area (Å²) in [4.78, 5) is 15.1. The van der Waals surface area contributed by atoms with Gasteiger partial charge in [-0.1, -0.05) is 6.92 Å². The van der Waals surface area contributed by atoms with E-state index in [1.54, 1.807) is 6.07 Å². The second kappa shape index (κ2) is 4.72. The number of carbonyl (C=O) groups is 1. The quantitative estimate of drug-likeness (QED) is 0.912. The van der Waals surface area contributed by atoms with Crippen LogP contribution >= 0.6 is 0 Å². The molecule has 0 aliphatic carbocycles. The van der Waals surface area contributed by atoms with E-state index in [-0.39, 0.29) is 5.56 Å². The number of aromatic carboxylic acids is 1. The van der Waals surface area contributed by atoms with Gasteiger partial charge in [0.15, 0.2) is 0 Å². The zero-order chi connectivity index (χ0) is 13.3. The molecule has 1 aromatic carbocycles. The Morgan fingerprint density at radius 2 is 2.22 bits per heavy atom. The van der Waals surface area contributed by atoms with E-state index in [1.165, 1.54) is 16.7 Å². The third-order valence-electron chi connectivity index (χ3n) is 2.71. The van der Waals surface area contributed by atoms with Gasteiger partial charge in [-0.05, 0) is 18.2 Å². The van der Waals surface area contributed by atoms with Crippen molar-refractivity contribution in [2.24, 2.45) is 0 Å². The standard InChI is InChI=1S/C12H12F2N2O2/c1-2-11-15-8-4-3-7(12(17)18)5-9(8)16(11)6-10(13)14/h3-5,10H,2,6H2,1H3,(H,17,18). The summed E-state index contributed by atoms with van der Waals surface area (Å²) >= 11 is 0. The third-order valence-corrected chi connectivity index (χ3v) is 2.71. The van der Waals surface area contributed by atoms with Crippen molar-refractivity contribution in [3.63, 3.8) is 0 Å². The van der Waals surface area contributed by atoms with Gasteiger partial charge in [-0.25, -0.2) is 18.6 Å². The fourth-order valence-electron chi connectivity index (χ4n) is 1.92. The number of imidazole rings is 1. The number of carboxylic acid groups (broad SMARTS) is 1. The number of benzene rings is 1. The van der Waals surface area contributed by atoms with Crippen LogP contribution in [0, 0.1) is 0 Å². The van der Waals surface area contributed by atoms with Gasteiger partial charge in [0.1, 0.15) is 5.82 Å². The van der Waals surface area contributed by atoms with Gasteiger partial charge in [-0.3, -0.25) is 0 Å². The molecule has 4 nitrogen and oxygen atoms in total. The zero-order valence-corrected chi connectivity index (χ0v) is 9.73. The maximum atomic E-state index is 12.5. The van der Waals surface area contributed by atoms with E-state index in [2.05, 4.69) is 4.98 Å². The predicted molar refractivity (Wildman–Crippen MR) is 62.1 cm³/mol. The first kappa shape index (κ1) is 12.5. The van der Waals surface area contributed by atoms with Crippen molar-refractivity contribution in [3.8, 4) is 0 Å². The second-order valence-electron chi connectivity index (χ2n) is 3.89. The van der Waals surface area contributed by atoms with Crippen molar-refractivity contribution < 1.29 is 18.7 Å². The summed E-state index contributed by atoms with van der Waals surface area (Å²) in [6, 6.07) is 4.34. The molecule has 0 saturated heterocycles. The highest BCUT2D eigenvalue weighted by Gasteiger charge is 2.15. The predicted octanol–water partition coefficient (Wildman–Crippen LogP) is 2.56. The third kappa shape index (κ3) is 2.18. The Labute approximate surface area is 102 Å². The highest BCUT2D eigenvalue weighted by atomic mass is 19.3. The topological polar surface area (TPSA) is 55.1 Å². The molecular formula is C12H12F2N2O2. The molecule has 0 spiro atoms. The van der Waals surface area contributed by atoms with Crippen molar-refractivity contribution in [3.05, 3.63) is 29.6 Å². The van der Waals surface area contributed by atoms with Crippen molar-refractivity contribution >= 4 is 17.0 Å². The number of nitrogens with zero attached hydrogens (tertiary/aromatic N) is 2. The van der Waals surface area contributed by atoms with Crippen LogP contribution in [-0.4, -0.2) is 27.1 Å². The monoisotopic (exact) mass is 254 g/mol. The molecule has 0 aliphatic rings. The van der Waals surface area contributed by atoms with Gasteiger partial charge in [0.2, 0.25) is 0 Å². The van der Waals surface area contributed by atoms with Gasteiger partial charge < -0.3 is 9.67 Å². The van der Waals surface area contributed by atoms with Gasteiger partial charge in [-0.15, -0.1) is 0 Å². The number of rotatable bonds is 4. The first-order chi connectivity index (χ1) is 8.52. The number of alkyl halides is 2. The highest BCUT2D eigenvalue weighted by Crippen LogP contribution is 2.20. The number of carboxylic acids is 1. The number of fused-ring (bicyclic) bond motifs is 1. The van der Waals surface area contributed by atoms with Gasteiger partial charge in [-0.2, -0.15) is 0 Å². The maximum absolute atomic E-state index is 12.5. The molecule has 0 aliphatic heterocycles. The summed E-state index contributed by atoms with van der Waals surface area (Å²) in [6.07, 6.45) is -1.98. The van der Waals surface area contributed by atoms with E-state index in [9.17, 15) is 13.6 Å². The average molecular weight is 254 g/mol. The first-order valence-electron chi connectivity index (χ1n) is 5.53. The summed E-state index contributed by atoms with van der Waals surface area (Å²) in [5.41, 5.74) is 1.05. The van der Waals surface area contributed by atoms with Gasteiger partial charge in [0.05, 0.1) is 23.1 Å². The molecule has 2 aromatic rings. The zero-order valence-electron chi connectivity index (χ0n) is 9.73. The minimum Gasteiger partial charge on any atom is -0.478 e. The van der Waals surface area contributed by atoms with Crippen LogP contribution in [0.25, 0.3) is 11.0 Å². The molecule has 6 heteroatoms. The summed E-state index contributed by atoms with van der Waals surface area (Å²) in [6.45, 7) is 1.35. The number of halogens is 2. The molecule has 0 radical (unpaired) electrons. The Kier molecular flexibility index (Phi) is 3.27. The highest BCUT2D eigenvalue weighted by molar-refractivity contribution is 5.92. The van der Waals surface area contributed by atoms with Crippen LogP contribution in [0.5, 0.6) is 0 Å². The van der Waals surface area contributed by atoms with E-state index in [0.29, 0.717) is 23.3 Å². The molecule has 0 atom stereocenters. The molecule has 2 rings (SSSR count). The smallest absolute Gasteiger partial charge is 0.335 e. The molecule has 1 heterocycles. The minimum absolute atomic E-state index is 0.0700. The largest absolute Gasteiger partial charge is 0.478 e. The van der Waals surface area contributed by atoms with Crippen molar-refractivity contribution in [1.29, 1.82) is 0 Å². The second-order valence-corrected chi connectivity index (χ2v) is 3.89. The molecule has 0 saturated carbocycles. The molecule has 0 fully saturated rings. The fraction of sp³-hybridized carbons (Fsp3) is 0.333. The number of hydrogen-bond donors (Lipinski definition) is 1. The van der Waals surface area contributed by atoms with E-state index >= 15 is 0 Å². The lowest BCUT2D eigenvalue weighted by molar-refractivity contribution is 0.0697. The summed E-state index contributed by atoms with van der Waals surface area (Å²) in [7, 11) is 0. The van der Waals surface area contributed by atoms with Gasteiger partial charge in [0.25, 0.3) is 6.43 Å². The average Bonchev–Trinajstić information content (AvgIpc) is 2.66. The summed E-state index contributed by atoms with van der Waals surface area (Å²) in [5.74, 6) is -0.549. The molecule has 18 heavy (non-hydrogen) atoms. The first-order valence-corrected chi connectivity index (χ1v) is 5.53. The molecule has 1 aromatic heterocycles. The Morgan fingerprint density at radius 1 is 1.50 bits per heavy atom. The fourth-order valence-corrected chi connectivity index (χ4v) is 1.92. The summed E-state index contributed by atoms with van der Waals surface area (Å²) < 4.78 is 26.5. The molecule has 1 N–H and O–H groups in total. The number of aromatic nitrogens is 2. The van der Waals surface area contributed by atoms with Crippen LogP contribution < -0.4 is 0 Å². The van der Waals surface area contributed by atoms with Crippen molar-refractivity contribution in [2.75, 3.05) is 0 Å². The maximum Gasteiger partial charge on any atom is 0.335 e. The van der Waals surface area contributed by atoms with Crippen LogP contribution in [0.15, 0.2) is 18.2 Å². The molecule has 0 bridgehead atoms. The molecule has 96 valence electrons. The Morgan fingerprint density at radius 3 is 2.78 bits per heavy atom. The number of hydrogen-bond acceptors (Lipinski definition) is 2. The van der Waals surface area contributed by atoms with Crippen LogP contribution in [0.4, 0.5) is 8.78 Å². The van der Waals surface area contributed by atoms with Crippen LogP contribution in [0.1, 0.15) is 23.1 Å². The number of aryl methyl sites for hydroxylation is 1. The summed E-state index contributed by atoms with van der Waals surface area (Å²) in [5, 5.41) is 8.90. The molecular weight excluding hydrogens is 242 g/mol. The van der Waals surface area contributed by atoms with Crippen molar-refractivity contribution in [2.45, 2.75) is 26.3 Å². The van der Waals surface area contributed by atoms with E-state index in [1.807, 2.05) is 6.92 Å². The molecule has 0 unspecified atom stereocenters. The van der Waals surface area contributed by atoms with E-state index in [4.69, 9.17) is 5.11 Å². The van der Waals surface area contributed by atoms with Crippen molar-refractivity contribution in [1.82, 2.24) is 9.55 Å². The SMILES string of the molecule is CCc1nc2ccc(C(=O)O)cc2n1CC(F)F. The lowest BCUT2D eigenvalue weighted by Gasteiger charge is -2.07.